The number of rotatable bonds is 6. The molecule has 1 N–H and O–H groups in total. The van der Waals surface area contributed by atoms with Crippen LogP contribution in [-0.2, 0) is 4.79 Å². The van der Waals surface area contributed by atoms with E-state index in [4.69, 9.17) is 4.74 Å². The van der Waals surface area contributed by atoms with Gasteiger partial charge in [-0.3, -0.25) is 4.79 Å². The fourth-order valence-corrected chi connectivity index (χ4v) is 3.77. The quantitative estimate of drug-likeness (QED) is 0.863. The van der Waals surface area contributed by atoms with E-state index in [2.05, 4.69) is 48.6 Å². The SMILES string of the molecule is COc1cccc(C(C)NCC2CN(C(C)=O)CC2c2ccccc2)c1. The Labute approximate surface area is 156 Å². The molecule has 0 bridgehead atoms. The summed E-state index contributed by atoms with van der Waals surface area (Å²) >= 11 is 0. The minimum atomic E-state index is 0.161. The smallest absolute Gasteiger partial charge is 0.219 e. The molecule has 26 heavy (non-hydrogen) atoms. The van der Waals surface area contributed by atoms with Crippen LogP contribution < -0.4 is 10.1 Å². The van der Waals surface area contributed by atoms with Gasteiger partial charge in [-0.1, -0.05) is 42.5 Å². The summed E-state index contributed by atoms with van der Waals surface area (Å²) in [4.78, 5) is 13.9. The lowest BCUT2D eigenvalue weighted by Crippen LogP contribution is -2.30. The summed E-state index contributed by atoms with van der Waals surface area (Å²) in [5.74, 6) is 1.83. The monoisotopic (exact) mass is 352 g/mol. The van der Waals surface area contributed by atoms with Gasteiger partial charge >= 0.3 is 0 Å². The highest BCUT2D eigenvalue weighted by Gasteiger charge is 2.34. The Kier molecular flexibility index (Phi) is 5.94. The maximum absolute atomic E-state index is 11.9. The molecule has 0 aromatic heterocycles. The minimum Gasteiger partial charge on any atom is -0.497 e. The first-order chi connectivity index (χ1) is 12.6. The van der Waals surface area contributed by atoms with E-state index in [0.717, 1.165) is 25.4 Å². The molecule has 3 unspecified atom stereocenters. The van der Waals surface area contributed by atoms with Gasteiger partial charge in [0.1, 0.15) is 5.75 Å². The standard InChI is InChI=1S/C22H28N2O2/c1-16(19-10-7-11-21(12-19)26-3)23-13-20-14-24(17(2)25)15-22(20)18-8-5-4-6-9-18/h4-12,16,20,22-23H,13-15H2,1-3H3. The summed E-state index contributed by atoms with van der Waals surface area (Å²) in [5.41, 5.74) is 2.53. The summed E-state index contributed by atoms with van der Waals surface area (Å²) in [6.45, 7) is 6.33. The summed E-state index contributed by atoms with van der Waals surface area (Å²) in [6.07, 6.45) is 0. The Morgan fingerprint density at radius 2 is 1.96 bits per heavy atom. The van der Waals surface area contributed by atoms with E-state index in [-0.39, 0.29) is 11.9 Å². The van der Waals surface area contributed by atoms with Gasteiger partial charge in [-0.2, -0.15) is 0 Å². The van der Waals surface area contributed by atoms with Crippen LogP contribution in [0, 0.1) is 5.92 Å². The lowest BCUT2D eigenvalue weighted by atomic mass is 9.88. The molecule has 3 atom stereocenters. The van der Waals surface area contributed by atoms with Crippen molar-refractivity contribution in [2.75, 3.05) is 26.7 Å². The topological polar surface area (TPSA) is 41.6 Å². The van der Waals surface area contributed by atoms with E-state index < -0.39 is 0 Å². The second-order valence-corrected chi connectivity index (χ2v) is 7.11. The zero-order valence-electron chi connectivity index (χ0n) is 15.8. The van der Waals surface area contributed by atoms with Crippen molar-refractivity contribution in [3.63, 3.8) is 0 Å². The number of hydrogen-bond donors (Lipinski definition) is 1. The number of carbonyl (C=O) groups excluding carboxylic acids is 1. The Bertz CT molecular complexity index is 732. The molecular weight excluding hydrogens is 324 g/mol. The zero-order valence-corrected chi connectivity index (χ0v) is 15.8. The molecule has 0 saturated carbocycles. The normalized spacial score (nSPS) is 20.8. The Hall–Kier alpha value is -2.33. The molecule has 1 heterocycles. The van der Waals surface area contributed by atoms with Crippen LogP contribution >= 0.6 is 0 Å². The predicted molar refractivity (Wildman–Crippen MR) is 104 cm³/mol. The minimum absolute atomic E-state index is 0.161. The summed E-state index contributed by atoms with van der Waals surface area (Å²) in [7, 11) is 1.69. The van der Waals surface area contributed by atoms with E-state index in [1.54, 1.807) is 14.0 Å². The number of ether oxygens (including phenoxy) is 1. The number of methoxy groups -OCH3 is 1. The fraction of sp³-hybridized carbons (Fsp3) is 0.409. The Balaban J connectivity index is 1.68. The highest BCUT2D eigenvalue weighted by molar-refractivity contribution is 5.73. The van der Waals surface area contributed by atoms with E-state index in [1.165, 1.54) is 11.1 Å². The van der Waals surface area contributed by atoms with Crippen molar-refractivity contribution in [3.05, 3.63) is 65.7 Å². The molecule has 1 saturated heterocycles. The number of likely N-dealkylation sites (tertiary alicyclic amines) is 1. The van der Waals surface area contributed by atoms with Crippen molar-refractivity contribution in [3.8, 4) is 5.75 Å². The molecule has 1 aliphatic heterocycles. The predicted octanol–water partition coefficient (Wildman–Crippen LogP) is 3.61. The maximum atomic E-state index is 11.9. The van der Waals surface area contributed by atoms with Crippen LogP contribution in [0.4, 0.5) is 0 Å². The lowest BCUT2D eigenvalue weighted by Gasteiger charge is -2.22. The van der Waals surface area contributed by atoms with Crippen molar-refractivity contribution in [2.24, 2.45) is 5.92 Å². The van der Waals surface area contributed by atoms with Gasteiger partial charge in [0.15, 0.2) is 0 Å². The third-order valence-electron chi connectivity index (χ3n) is 5.39. The molecule has 0 spiro atoms. The average Bonchev–Trinajstić information content (AvgIpc) is 3.11. The van der Waals surface area contributed by atoms with Gasteiger partial charge in [-0.25, -0.2) is 0 Å². The van der Waals surface area contributed by atoms with Gasteiger partial charge in [0, 0.05) is 38.5 Å². The lowest BCUT2D eigenvalue weighted by molar-refractivity contribution is -0.127. The first kappa shape index (κ1) is 18.5. The van der Waals surface area contributed by atoms with E-state index in [0.29, 0.717) is 11.8 Å². The summed E-state index contributed by atoms with van der Waals surface area (Å²) in [6, 6.07) is 18.9. The third kappa shape index (κ3) is 4.25. The van der Waals surface area contributed by atoms with Crippen LogP contribution in [0.15, 0.2) is 54.6 Å². The first-order valence-electron chi connectivity index (χ1n) is 9.26. The zero-order chi connectivity index (χ0) is 18.5. The molecule has 0 aliphatic carbocycles. The van der Waals surface area contributed by atoms with Gasteiger partial charge in [-0.05, 0) is 36.1 Å². The number of benzene rings is 2. The third-order valence-corrected chi connectivity index (χ3v) is 5.39. The van der Waals surface area contributed by atoms with Crippen molar-refractivity contribution in [1.82, 2.24) is 10.2 Å². The van der Waals surface area contributed by atoms with Crippen LogP contribution in [0.25, 0.3) is 0 Å². The van der Waals surface area contributed by atoms with E-state index in [9.17, 15) is 4.79 Å². The van der Waals surface area contributed by atoms with Gasteiger partial charge in [0.25, 0.3) is 0 Å². The van der Waals surface area contributed by atoms with Crippen LogP contribution in [0.3, 0.4) is 0 Å². The molecule has 138 valence electrons. The van der Waals surface area contributed by atoms with Crippen LogP contribution in [-0.4, -0.2) is 37.6 Å². The second-order valence-electron chi connectivity index (χ2n) is 7.11. The van der Waals surface area contributed by atoms with Crippen molar-refractivity contribution >= 4 is 5.91 Å². The van der Waals surface area contributed by atoms with Gasteiger partial charge in [0.05, 0.1) is 7.11 Å². The Morgan fingerprint density at radius 3 is 2.65 bits per heavy atom. The molecule has 1 fully saturated rings. The fourth-order valence-electron chi connectivity index (χ4n) is 3.77. The molecule has 2 aromatic carbocycles. The highest BCUT2D eigenvalue weighted by atomic mass is 16.5. The largest absolute Gasteiger partial charge is 0.497 e. The molecule has 4 nitrogen and oxygen atoms in total. The number of hydrogen-bond acceptors (Lipinski definition) is 3. The second kappa shape index (κ2) is 8.37. The van der Waals surface area contributed by atoms with Gasteiger partial charge in [-0.15, -0.1) is 0 Å². The number of nitrogens with one attached hydrogen (secondary N) is 1. The number of nitrogens with zero attached hydrogens (tertiary/aromatic N) is 1. The maximum Gasteiger partial charge on any atom is 0.219 e. The van der Waals surface area contributed by atoms with Crippen LogP contribution in [0.2, 0.25) is 0 Å². The van der Waals surface area contributed by atoms with Crippen molar-refractivity contribution in [2.45, 2.75) is 25.8 Å². The molecular formula is C22H28N2O2. The average molecular weight is 352 g/mol. The van der Waals surface area contributed by atoms with Crippen LogP contribution in [0.5, 0.6) is 5.75 Å². The van der Waals surface area contributed by atoms with Gasteiger partial charge in [0.2, 0.25) is 5.91 Å². The van der Waals surface area contributed by atoms with Gasteiger partial charge < -0.3 is 15.0 Å². The summed E-state index contributed by atoms with van der Waals surface area (Å²) < 4.78 is 5.33. The molecule has 2 aromatic rings. The van der Waals surface area contributed by atoms with Crippen LogP contribution in [0.1, 0.15) is 36.9 Å². The first-order valence-corrected chi connectivity index (χ1v) is 9.26. The van der Waals surface area contributed by atoms with Crippen molar-refractivity contribution < 1.29 is 9.53 Å². The molecule has 1 aliphatic rings. The molecule has 0 radical (unpaired) electrons. The highest BCUT2D eigenvalue weighted by Crippen LogP contribution is 2.33. The summed E-state index contributed by atoms with van der Waals surface area (Å²) in [5, 5.41) is 3.66. The van der Waals surface area contributed by atoms with Crippen molar-refractivity contribution in [1.29, 1.82) is 0 Å². The number of carbonyl (C=O) groups is 1. The molecule has 1 amide bonds. The van der Waals surface area contributed by atoms with E-state index >= 15 is 0 Å². The number of amides is 1. The molecule has 3 rings (SSSR count). The Morgan fingerprint density at radius 1 is 1.19 bits per heavy atom. The van der Waals surface area contributed by atoms with E-state index in [1.807, 2.05) is 23.1 Å². The molecule has 4 heteroatoms.